The van der Waals surface area contributed by atoms with Crippen molar-refractivity contribution < 1.29 is 9.32 Å². The lowest BCUT2D eigenvalue weighted by Gasteiger charge is -2.05. The van der Waals surface area contributed by atoms with Gasteiger partial charge in [0.25, 0.3) is 0 Å². The lowest BCUT2D eigenvalue weighted by Crippen LogP contribution is -2.23. The van der Waals surface area contributed by atoms with Crippen LogP contribution < -0.4 is 5.32 Å². The van der Waals surface area contributed by atoms with Gasteiger partial charge in [-0.25, -0.2) is 0 Å². The molecule has 0 saturated carbocycles. The van der Waals surface area contributed by atoms with E-state index >= 15 is 0 Å². The fraction of sp³-hybridized carbons (Fsp3) is 0.158. The van der Waals surface area contributed by atoms with Crippen LogP contribution >= 0.6 is 11.3 Å². The summed E-state index contributed by atoms with van der Waals surface area (Å²) in [5, 5.41) is 15.7. The predicted molar refractivity (Wildman–Crippen MR) is 102 cm³/mol. The van der Waals surface area contributed by atoms with Gasteiger partial charge in [0, 0.05) is 25.6 Å². The standard InChI is InChI=1S/C19H17N5O2S/c25-17(7-8-18-22-19(24-26-18)16-2-1-11-27-16)20-12-13-3-5-14(6-4-13)15-9-10-21-23-15/h1-6,9-11H,7-8,12H2,(H,20,25)(H,21,23). The van der Waals surface area contributed by atoms with Crippen molar-refractivity contribution in [2.75, 3.05) is 0 Å². The van der Waals surface area contributed by atoms with Crippen molar-refractivity contribution in [2.45, 2.75) is 19.4 Å². The van der Waals surface area contributed by atoms with Crippen molar-refractivity contribution in [1.82, 2.24) is 25.7 Å². The number of aryl methyl sites for hydroxylation is 1. The third kappa shape index (κ3) is 4.29. The first-order valence-electron chi connectivity index (χ1n) is 8.50. The maximum absolute atomic E-state index is 12.1. The van der Waals surface area contributed by atoms with Crippen LogP contribution in [-0.2, 0) is 17.8 Å². The number of hydrogen-bond donors (Lipinski definition) is 2. The van der Waals surface area contributed by atoms with Crippen LogP contribution in [-0.4, -0.2) is 26.2 Å². The molecule has 3 aromatic heterocycles. The second-order valence-electron chi connectivity index (χ2n) is 5.93. The number of benzene rings is 1. The molecule has 3 heterocycles. The molecule has 4 aromatic rings. The van der Waals surface area contributed by atoms with Gasteiger partial charge in [-0.1, -0.05) is 35.5 Å². The topological polar surface area (TPSA) is 96.7 Å². The predicted octanol–water partition coefficient (Wildman–Crippen LogP) is 3.44. The molecule has 2 N–H and O–H groups in total. The summed E-state index contributed by atoms with van der Waals surface area (Å²) in [6.45, 7) is 0.479. The average molecular weight is 379 g/mol. The molecule has 0 aliphatic heterocycles. The molecule has 0 bridgehead atoms. The molecule has 0 aliphatic rings. The molecule has 1 amide bonds. The van der Waals surface area contributed by atoms with Crippen LogP contribution in [0.15, 0.2) is 58.6 Å². The Labute approximate surface area is 159 Å². The Kier molecular flexibility index (Phi) is 5.06. The SMILES string of the molecule is O=C(CCc1nc(-c2cccs2)no1)NCc1ccc(-c2ccn[nH]2)cc1. The summed E-state index contributed by atoms with van der Waals surface area (Å²) in [6, 6.07) is 13.8. The van der Waals surface area contributed by atoms with Crippen LogP contribution in [0.5, 0.6) is 0 Å². The Hall–Kier alpha value is -3.26. The van der Waals surface area contributed by atoms with Crippen molar-refractivity contribution >= 4 is 17.2 Å². The minimum Gasteiger partial charge on any atom is -0.352 e. The molecule has 0 aliphatic carbocycles. The number of carbonyl (C=O) groups is 1. The van der Waals surface area contributed by atoms with Crippen LogP contribution in [0.25, 0.3) is 22.0 Å². The Morgan fingerprint density at radius 1 is 1.19 bits per heavy atom. The van der Waals surface area contributed by atoms with Crippen LogP contribution in [0, 0.1) is 0 Å². The van der Waals surface area contributed by atoms with E-state index in [-0.39, 0.29) is 5.91 Å². The fourth-order valence-corrected chi connectivity index (χ4v) is 3.24. The molecule has 0 unspecified atom stereocenters. The summed E-state index contributed by atoms with van der Waals surface area (Å²) in [5.74, 6) is 0.985. The quantitative estimate of drug-likeness (QED) is 0.513. The van der Waals surface area contributed by atoms with Gasteiger partial charge in [0.2, 0.25) is 17.6 Å². The average Bonchev–Trinajstić information content (AvgIpc) is 3.47. The van der Waals surface area contributed by atoms with Crippen LogP contribution in [0.3, 0.4) is 0 Å². The molecular formula is C19H17N5O2S. The second kappa shape index (κ2) is 7.96. The summed E-state index contributed by atoms with van der Waals surface area (Å²) >= 11 is 1.55. The minimum absolute atomic E-state index is 0.0523. The van der Waals surface area contributed by atoms with E-state index in [4.69, 9.17) is 4.52 Å². The summed E-state index contributed by atoms with van der Waals surface area (Å²) in [4.78, 5) is 17.3. The lowest BCUT2D eigenvalue weighted by atomic mass is 10.1. The Morgan fingerprint density at radius 2 is 2.07 bits per heavy atom. The van der Waals surface area contributed by atoms with Gasteiger partial charge in [-0.05, 0) is 28.6 Å². The summed E-state index contributed by atoms with van der Waals surface area (Å²) in [6.07, 6.45) is 2.44. The number of rotatable bonds is 7. The minimum atomic E-state index is -0.0523. The lowest BCUT2D eigenvalue weighted by molar-refractivity contribution is -0.121. The van der Waals surface area contributed by atoms with Crippen LogP contribution in [0.1, 0.15) is 17.9 Å². The third-order valence-electron chi connectivity index (χ3n) is 4.03. The highest BCUT2D eigenvalue weighted by atomic mass is 32.1. The summed E-state index contributed by atoms with van der Waals surface area (Å²) in [7, 11) is 0. The van der Waals surface area contributed by atoms with Gasteiger partial charge in [-0.3, -0.25) is 9.89 Å². The zero-order chi connectivity index (χ0) is 18.5. The first-order valence-corrected chi connectivity index (χ1v) is 9.38. The van der Waals surface area contributed by atoms with Gasteiger partial charge in [-0.2, -0.15) is 10.1 Å². The number of nitrogens with one attached hydrogen (secondary N) is 2. The smallest absolute Gasteiger partial charge is 0.227 e. The van der Waals surface area contributed by atoms with Gasteiger partial charge < -0.3 is 9.84 Å². The maximum atomic E-state index is 12.1. The number of nitrogens with zero attached hydrogens (tertiary/aromatic N) is 3. The first-order chi connectivity index (χ1) is 13.3. The van der Waals surface area contributed by atoms with Gasteiger partial charge >= 0.3 is 0 Å². The van der Waals surface area contributed by atoms with Gasteiger partial charge in [-0.15, -0.1) is 11.3 Å². The van der Waals surface area contributed by atoms with Crippen molar-refractivity contribution in [3.63, 3.8) is 0 Å². The highest BCUT2D eigenvalue weighted by Crippen LogP contribution is 2.21. The zero-order valence-corrected chi connectivity index (χ0v) is 15.2. The number of amides is 1. The molecular weight excluding hydrogens is 362 g/mol. The molecule has 0 fully saturated rings. The molecule has 4 rings (SSSR count). The molecule has 8 heteroatoms. The van der Waals surface area contributed by atoms with Gasteiger partial charge in [0.05, 0.1) is 10.6 Å². The highest BCUT2D eigenvalue weighted by molar-refractivity contribution is 7.13. The second-order valence-corrected chi connectivity index (χ2v) is 6.88. The van der Waals surface area contributed by atoms with Crippen molar-refractivity contribution in [2.24, 2.45) is 0 Å². The van der Waals surface area contributed by atoms with Gasteiger partial charge in [0.1, 0.15) is 0 Å². The Morgan fingerprint density at radius 3 is 2.81 bits per heavy atom. The number of carbonyl (C=O) groups excluding carboxylic acids is 1. The number of H-pyrrole nitrogens is 1. The summed E-state index contributed by atoms with van der Waals surface area (Å²) < 4.78 is 5.21. The van der Waals surface area contributed by atoms with E-state index in [0.717, 1.165) is 21.7 Å². The highest BCUT2D eigenvalue weighted by Gasteiger charge is 2.11. The fourth-order valence-electron chi connectivity index (χ4n) is 2.59. The maximum Gasteiger partial charge on any atom is 0.227 e. The van der Waals surface area contributed by atoms with Crippen molar-refractivity contribution in [1.29, 1.82) is 0 Å². The largest absolute Gasteiger partial charge is 0.352 e. The molecule has 7 nitrogen and oxygen atoms in total. The summed E-state index contributed by atoms with van der Waals surface area (Å²) in [5.41, 5.74) is 3.05. The van der Waals surface area contributed by atoms with Crippen molar-refractivity contribution in [3.05, 3.63) is 65.5 Å². The van der Waals surface area contributed by atoms with E-state index in [1.807, 2.05) is 47.8 Å². The number of hydrogen-bond acceptors (Lipinski definition) is 6. The molecule has 1 aromatic carbocycles. The van der Waals surface area contributed by atoms with Gasteiger partial charge in [0.15, 0.2) is 0 Å². The normalized spacial score (nSPS) is 10.8. The monoisotopic (exact) mass is 379 g/mol. The third-order valence-corrected chi connectivity index (χ3v) is 4.90. The molecule has 0 radical (unpaired) electrons. The van der Waals surface area contributed by atoms with E-state index in [9.17, 15) is 4.79 Å². The molecule has 0 spiro atoms. The molecule has 0 saturated heterocycles. The number of thiophene rings is 1. The molecule has 136 valence electrons. The van der Waals surface area contributed by atoms with E-state index in [2.05, 4.69) is 25.7 Å². The van der Waals surface area contributed by atoms with Crippen LogP contribution in [0.2, 0.25) is 0 Å². The van der Waals surface area contributed by atoms with E-state index in [0.29, 0.717) is 31.1 Å². The van der Waals surface area contributed by atoms with Crippen molar-refractivity contribution in [3.8, 4) is 22.0 Å². The molecule has 0 atom stereocenters. The Balaban J connectivity index is 1.25. The van der Waals surface area contributed by atoms with E-state index in [1.54, 1.807) is 17.5 Å². The zero-order valence-electron chi connectivity index (χ0n) is 14.4. The number of aromatic amines is 1. The number of aromatic nitrogens is 4. The first kappa shape index (κ1) is 17.2. The van der Waals surface area contributed by atoms with E-state index in [1.165, 1.54) is 0 Å². The van der Waals surface area contributed by atoms with Crippen LogP contribution in [0.4, 0.5) is 0 Å². The molecule has 27 heavy (non-hydrogen) atoms. The Bertz CT molecular complexity index is 991. The van der Waals surface area contributed by atoms with E-state index < -0.39 is 0 Å².